The van der Waals surface area contributed by atoms with Crippen LogP contribution < -0.4 is 10.6 Å². The van der Waals surface area contributed by atoms with Crippen LogP contribution in [0.5, 0.6) is 0 Å². The smallest absolute Gasteiger partial charge is 0.0552 e. The molecule has 1 radical (unpaired) electrons. The van der Waals surface area contributed by atoms with Crippen molar-refractivity contribution in [3.8, 4) is 0 Å². The van der Waals surface area contributed by atoms with E-state index in [4.69, 9.17) is 10.2 Å². The minimum atomic E-state index is -0.0950. The van der Waals surface area contributed by atoms with Crippen LogP contribution in [0.15, 0.2) is 0 Å². The Morgan fingerprint density at radius 1 is 0.737 bits per heavy atom. The average Bonchev–Trinajstić information content (AvgIpc) is 2.35. The third-order valence-corrected chi connectivity index (χ3v) is 2.70. The van der Waals surface area contributed by atoms with Crippen molar-refractivity contribution in [1.29, 1.82) is 0 Å². The molecule has 0 rings (SSSR count). The molecule has 0 aromatic rings. The van der Waals surface area contributed by atoms with Crippen LogP contribution >= 0.6 is 0 Å². The van der Waals surface area contributed by atoms with Gasteiger partial charge >= 0.3 is 0 Å². The summed E-state index contributed by atoms with van der Waals surface area (Å²) < 4.78 is 0. The summed E-state index contributed by atoms with van der Waals surface area (Å²) in [7, 11) is 3.80. The molecule has 123 valence electrons. The average molecular weight is 326 g/mol. The van der Waals surface area contributed by atoms with E-state index in [1.54, 1.807) is 0 Å². The van der Waals surface area contributed by atoms with E-state index in [2.05, 4.69) is 24.5 Å². The van der Waals surface area contributed by atoms with Gasteiger partial charge in [0.2, 0.25) is 0 Å². The van der Waals surface area contributed by atoms with Gasteiger partial charge in [0.05, 0.1) is 12.2 Å². The zero-order valence-corrected chi connectivity index (χ0v) is 13.9. The molecule has 0 amide bonds. The van der Waals surface area contributed by atoms with Crippen LogP contribution in [0.2, 0.25) is 0 Å². The van der Waals surface area contributed by atoms with Crippen molar-refractivity contribution in [2.75, 3.05) is 27.2 Å². The van der Waals surface area contributed by atoms with E-state index in [1.165, 1.54) is 0 Å². The summed E-state index contributed by atoms with van der Waals surface area (Å²) in [6.45, 7) is 6.01. The Kier molecular flexibility index (Phi) is 26.5. The first-order valence-corrected chi connectivity index (χ1v) is 7.27. The van der Waals surface area contributed by atoms with Crippen LogP contribution in [-0.2, 0) is 17.1 Å². The van der Waals surface area contributed by atoms with E-state index < -0.39 is 0 Å². The van der Waals surface area contributed by atoms with E-state index in [-0.39, 0.29) is 29.3 Å². The first kappa shape index (κ1) is 24.4. The maximum absolute atomic E-state index is 9.14. The van der Waals surface area contributed by atoms with Crippen molar-refractivity contribution in [2.24, 2.45) is 0 Å². The Labute approximate surface area is 130 Å². The predicted octanol–water partition coefficient (Wildman–Crippen LogP) is 1.51. The van der Waals surface area contributed by atoms with E-state index >= 15 is 0 Å². The zero-order valence-electron chi connectivity index (χ0n) is 13.0. The topological polar surface area (TPSA) is 64.5 Å². The van der Waals surface area contributed by atoms with E-state index in [0.717, 1.165) is 51.6 Å². The van der Waals surface area contributed by atoms with Gasteiger partial charge in [-0.05, 0) is 52.9 Å². The molecule has 0 spiro atoms. The molecule has 0 heterocycles. The van der Waals surface area contributed by atoms with Gasteiger partial charge in [0, 0.05) is 17.1 Å². The molecule has 0 saturated carbocycles. The molecule has 0 aromatic carbocycles. The molecule has 2 atom stereocenters. The summed E-state index contributed by atoms with van der Waals surface area (Å²) in [4.78, 5) is 0. The molecule has 0 saturated heterocycles. The molecule has 4 N–H and O–H groups in total. The molecular weight excluding hydrogens is 292 g/mol. The monoisotopic (exact) mass is 325 g/mol. The van der Waals surface area contributed by atoms with Gasteiger partial charge in [-0.25, -0.2) is 0 Å². The van der Waals surface area contributed by atoms with Crippen molar-refractivity contribution in [2.45, 2.75) is 64.6 Å². The second-order valence-corrected chi connectivity index (χ2v) is 4.67. The molecule has 0 bridgehead atoms. The van der Waals surface area contributed by atoms with Crippen LogP contribution in [0.1, 0.15) is 52.4 Å². The third-order valence-electron chi connectivity index (χ3n) is 2.70. The van der Waals surface area contributed by atoms with E-state index in [0.29, 0.717) is 0 Å². The second-order valence-electron chi connectivity index (χ2n) is 4.67. The predicted molar refractivity (Wildman–Crippen MR) is 78.9 cm³/mol. The summed E-state index contributed by atoms with van der Waals surface area (Å²) in [6, 6.07) is 0. The minimum absolute atomic E-state index is 0. The molecule has 4 nitrogen and oxygen atoms in total. The number of nitrogens with one attached hydrogen (secondary N) is 2. The summed E-state index contributed by atoms with van der Waals surface area (Å²) in [5.74, 6) is 0. The van der Waals surface area contributed by atoms with Gasteiger partial charge in [0.1, 0.15) is 0 Å². The minimum Gasteiger partial charge on any atom is -0.393 e. The summed E-state index contributed by atoms with van der Waals surface area (Å²) in [6.07, 6.45) is 5.58. The van der Waals surface area contributed by atoms with Gasteiger partial charge in [0.15, 0.2) is 0 Å². The van der Waals surface area contributed by atoms with E-state index in [1.807, 2.05) is 14.1 Å². The normalized spacial score (nSPS) is 12.9. The van der Waals surface area contributed by atoms with Gasteiger partial charge in [-0.1, -0.05) is 26.7 Å². The van der Waals surface area contributed by atoms with Crippen molar-refractivity contribution < 1.29 is 27.3 Å². The quantitative estimate of drug-likeness (QED) is 0.460. The molecule has 19 heavy (non-hydrogen) atoms. The summed E-state index contributed by atoms with van der Waals surface area (Å²) in [5, 5.41) is 24.3. The summed E-state index contributed by atoms with van der Waals surface area (Å²) in [5.41, 5.74) is 0. The first-order valence-electron chi connectivity index (χ1n) is 7.27. The van der Waals surface area contributed by atoms with Crippen molar-refractivity contribution in [3.05, 3.63) is 0 Å². The molecule has 5 heteroatoms. The third kappa shape index (κ3) is 23.8. The number of hydrogen-bond donors (Lipinski definition) is 4. The van der Waals surface area contributed by atoms with Gasteiger partial charge in [-0.15, -0.1) is 0 Å². The molecule has 0 aliphatic heterocycles. The first-order chi connectivity index (χ1) is 8.62. The van der Waals surface area contributed by atoms with Crippen molar-refractivity contribution >= 4 is 0 Å². The van der Waals surface area contributed by atoms with Crippen LogP contribution in [0, 0.1) is 0 Å². The molecule has 0 aliphatic carbocycles. The fourth-order valence-electron chi connectivity index (χ4n) is 1.58. The Hall–Kier alpha value is 0.359. The Bertz CT molecular complexity index is 135. The standard InChI is InChI=1S/2C7H17NO.Cu/c2*1-3-4-7(9)5-6-8-2;/h2*7-9H,3-6H2,1-2H3;. The van der Waals surface area contributed by atoms with Crippen LogP contribution in [-0.4, -0.2) is 49.6 Å². The Morgan fingerprint density at radius 2 is 1.05 bits per heavy atom. The SMILES string of the molecule is CCCC(O)CCNC.CCCC(O)CCNC.[Cu]. The van der Waals surface area contributed by atoms with Gasteiger partial charge in [-0.2, -0.15) is 0 Å². The number of aliphatic hydroxyl groups is 2. The molecular formula is C14H34CuN2O2. The van der Waals surface area contributed by atoms with Gasteiger partial charge < -0.3 is 20.8 Å². The van der Waals surface area contributed by atoms with E-state index in [9.17, 15) is 0 Å². The van der Waals surface area contributed by atoms with Crippen LogP contribution in [0.3, 0.4) is 0 Å². The maximum Gasteiger partial charge on any atom is 0.0552 e. The largest absolute Gasteiger partial charge is 0.393 e. The zero-order chi connectivity index (χ0) is 14.2. The summed E-state index contributed by atoms with van der Waals surface area (Å²) >= 11 is 0. The fourth-order valence-corrected chi connectivity index (χ4v) is 1.58. The maximum atomic E-state index is 9.14. The fraction of sp³-hybridized carbons (Fsp3) is 1.00. The van der Waals surface area contributed by atoms with Crippen molar-refractivity contribution in [1.82, 2.24) is 10.6 Å². The number of rotatable bonds is 10. The van der Waals surface area contributed by atoms with Crippen LogP contribution in [0.4, 0.5) is 0 Å². The van der Waals surface area contributed by atoms with Gasteiger partial charge in [-0.3, -0.25) is 0 Å². The second kappa shape index (κ2) is 20.7. The number of hydrogen-bond acceptors (Lipinski definition) is 4. The molecule has 2 unspecified atom stereocenters. The Balaban J connectivity index is -0.000000256. The Morgan fingerprint density at radius 3 is 1.26 bits per heavy atom. The molecule has 0 aromatic heterocycles. The van der Waals surface area contributed by atoms with Gasteiger partial charge in [0.25, 0.3) is 0 Å². The van der Waals surface area contributed by atoms with Crippen LogP contribution in [0.25, 0.3) is 0 Å². The molecule has 0 fully saturated rings. The van der Waals surface area contributed by atoms with Crippen molar-refractivity contribution in [3.63, 3.8) is 0 Å². The number of aliphatic hydroxyl groups excluding tert-OH is 2. The molecule has 0 aliphatic rings.